The SMILES string of the molecule is Brc1ccc(I)nc1.C.CC(C)(C)OC(=O)N1CC=[N+](B2OC(C)(C)C(C)(C)O2)CC1.CCc1ccc(Br)cn1.COC(=O)/C(C)=C(\Cl)c1ccc(OC)c(OC)c1.COc1ccc(-c2cc(=O)n3cc(C(=O)OC(C)(C)C)ccc3c2)cc1OC.COc1ccc(-c2cc(=O)n3cc(N4CCNCC4)ccc3c2)cc1OC.COc1ccc(-c2cc(=O)n3cc([N+]4=CCN(C(=O)OC(C)(C)C)CC4)ccc3c2)cc1OC.O=C=O. The predicted molar refractivity (Wildman–Crippen MR) is 598 cm³/mol. The fraction of sp³-hybridized carbons (Fsp3) is 0.369. The first-order chi connectivity index (χ1) is 70.6. The Morgan fingerprint density at radius 2 is 0.880 bits per heavy atom. The van der Waals surface area contributed by atoms with Crippen molar-refractivity contribution in [2.24, 2.45) is 0 Å². The summed E-state index contributed by atoms with van der Waals surface area (Å²) in [6.07, 6.45) is 13.4. The number of ether oxygens (including phenoxy) is 12. The summed E-state index contributed by atoms with van der Waals surface area (Å²) in [4.78, 5) is 116. The molecule has 16 rings (SSSR count). The minimum Gasteiger partial charge on any atom is -0.493 e. The molecular formula is C111H134BBr2ClIN11O23+2. The van der Waals surface area contributed by atoms with E-state index in [-0.39, 0.29) is 53.6 Å². The van der Waals surface area contributed by atoms with E-state index in [4.69, 9.17) is 82.6 Å². The van der Waals surface area contributed by atoms with Gasteiger partial charge in [-0.3, -0.25) is 46.9 Å². The van der Waals surface area contributed by atoms with Crippen LogP contribution in [0.15, 0.2) is 230 Å². The van der Waals surface area contributed by atoms with Crippen molar-refractivity contribution in [1.82, 2.24) is 38.3 Å². The summed E-state index contributed by atoms with van der Waals surface area (Å²) in [5.74, 6) is 3.97. The molecule has 34 nitrogen and oxygen atoms in total. The Bertz CT molecular complexity index is 6980. The lowest BCUT2D eigenvalue weighted by Gasteiger charge is -2.30. The van der Waals surface area contributed by atoms with Crippen molar-refractivity contribution >= 4 is 149 Å². The number of halogens is 4. The smallest absolute Gasteiger partial charge is 0.493 e. The second kappa shape index (κ2) is 55.9. The third-order valence-corrected chi connectivity index (χ3v) is 25.5. The zero-order chi connectivity index (χ0) is 110. The molecule has 4 aliphatic heterocycles. The lowest BCUT2D eigenvalue weighted by Crippen LogP contribution is -2.49. The summed E-state index contributed by atoms with van der Waals surface area (Å²) >= 11 is 14.9. The van der Waals surface area contributed by atoms with Crippen LogP contribution in [-0.2, 0) is 49.1 Å². The van der Waals surface area contributed by atoms with Crippen molar-refractivity contribution < 1.29 is 104 Å². The van der Waals surface area contributed by atoms with E-state index in [1.807, 2.05) is 214 Å². The Labute approximate surface area is 911 Å². The first kappa shape index (κ1) is 122. The summed E-state index contributed by atoms with van der Waals surface area (Å²) < 4.78 is 87.1. The van der Waals surface area contributed by atoms with Gasteiger partial charge < -0.3 is 76.4 Å². The molecule has 12 heterocycles. The highest BCUT2D eigenvalue weighted by atomic mass is 127. The van der Waals surface area contributed by atoms with Crippen LogP contribution in [0.3, 0.4) is 0 Å². The van der Waals surface area contributed by atoms with Crippen LogP contribution in [0.1, 0.15) is 133 Å². The number of benzene rings is 4. The molecule has 0 aliphatic carbocycles. The predicted octanol–water partition coefficient (Wildman–Crippen LogP) is 19.9. The number of hydrogen-bond donors (Lipinski definition) is 1. The van der Waals surface area contributed by atoms with Gasteiger partial charge in [-0.15, -0.1) is 0 Å². The Morgan fingerprint density at radius 1 is 0.480 bits per heavy atom. The topological polar surface area (TPSA) is 350 Å². The fourth-order valence-electron chi connectivity index (χ4n) is 14.9. The summed E-state index contributed by atoms with van der Waals surface area (Å²) in [6, 6.07) is 51.9. The van der Waals surface area contributed by atoms with Crippen molar-refractivity contribution in [3.63, 3.8) is 0 Å². The zero-order valence-corrected chi connectivity index (χ0v) is 94.5. The van der Waals surface area contributed by atoms with Crippen molar-refractivity contribution in [2.75, 3.05) is 134 Å². The molecule has 4 aromatic carbocycles. The van der Waals surface area contributed by atoms with Gasteiger partial charge >= 0.3 is 37.5 Å². The van der Waals surface area contributed by atoms with E-state index in [9.17, 15) is 33.6 Å². The Kier molecular flexibility index (Phi) is 45.3. The maximum atomic E-state index is 13.0. The molecule has 2 saturated heterocycles. The van der Waals surface area contributed by atoms with Crippen molar-refractivity contribution in [3.05, 3.63) is 267 Å². The molecule has 150 heavy (non-hydrogen) atoms. The molecule has 2 amide bonds. The van der Waals surface area contributed by atoms with Crippen LogP contribution >= 0.6 is 66.1 Å². The number of fused-ring (bicyclic) bond motifs is 3. The minimum absolute atomic E-state index is 0. The van der Waals surface area contributed by atoms with E-state index in [1.165, 1.54) is 30.9 Å². The van der Waals surface area contributed by atoms with Crippen LogP contribution in [0.5, 0.6) is 46.0 Å². The third-order valence-electron chi connectivity index (χ3n) is 23.4. The number of carbonyl (C=O) groups excluding carboxylic acids is 6. The fourth-order valence-corrected chi connectivity index (χ4v) is 15.9. The van der Waals surface area contributed by atoms with Crippen molar-refractivity contribution in [2.45, 2.75) is 146 Å². The molecule has 0 bridgehead atoms. The molecule has 1 N–H and O–H groups in total. The number of esters is 2. The summed E-state index contributed by atoms with van der Waals surface area (Å²) in [7, 11) is 13.5. The van der Waals surface area contributed by atoms with Gasteiger partial charge in [-0.25, -0.2) is 24.2 Å². The lowest BCUT2D eigenvalue weighted by atomic mass is 9.90. The maximum Gasteiger partial charge on any atom is 0.844 e. The number of nitrogens with zero attached hydrogens (tertiary/aromatic N) is 10. The monoisotopic (exact) mass is 2320 g/mol. The van der Waals surface area contributed by atoms with Gasteiger partial charge in [0.15, 0.2) is 58.8 Å². The highest BCUT2D eigenvalue weighted by molar-refractivity contribution is 14.1. The standard InChI is InChI=1S/C26H30N3O5.C22H23NO5.C21H23N3O3.C15H28BN2O4.C13H15ClO4.C7H8BrN.C5H3BrIN.CO2.CH4/c1-26(2,3)34-25(31)28-12-10-27(11-13-28)21-8-7-20-14-19(16-24(30)29(20)17-21)18-6-9-22(32-4)23(15-18)33-5;1-22(2,3)28-21(25)15-6-8-17-10-16(12-20(24)23(17)13-15)14-7-9-18(26-4)19(11-14)27-5;1-26-19-6-3-15(12-20(19)27-2)16-11-17-4-5-18(14-24(17)21(25)13-16)23-9-7-22-8-10-23;1-13(2,3)20-12(19)17-8-10-18(11-9-17)16-21-14(4,5)15(6,7)22-16;1-8(13(15)18-4)12(14)9-5-6-10(16-2)11(7-9)17-3;1-2-7-4-3-6(8)5-9-7;6-4-1-2-5(7)8-3-4;2-1-3;/h6-10,14-17H,11-13H2,1-5H3;6-13H,1-5H3;3-6,11-14,22H,7-10H2,1-2H3;10H,8-9,11H2,1-7H3;5-7H,1-4H3;3-5H,2H2,1H3;1-3H;;1H4/q+1;;;+1;;;;;/b;;;;12-8-;;;;. The summed E-state index contributed by atoms with van der Waals surface area (Å²) in [6.45, 7) is 35.6. The molecule has 8 aromatic heterocycles. The molecule has 0 spiro atoms. The molecule has 0 radical (unpaired) electrons. The number of rotatable bonds is 18. The van der Waals surface area contributed by atoms with Gasteiger partial charge in [0.1, 0.15) is 39.8 Å². The average Bonchev–Trinajstić information content (AvgIpc) is 1.69. The Morgan fingerprint density at radius 3 is 1.27 bits per heavy atom. The van der Waals surface area contributed by atoms with E-state index >= 15 is 0 Å². The first-order valence-corrected chi connectivity index (χ1v) is 50.5. The molecule has 0 atom stereocenters. The number of anilines is 1. The molecule has 2 fully saturated rings. The maximum absolute atomic E-state index is 13.0. The molecule has 39 heteroatoms. The van der Waals surface area contributed by atoms with Crippen molar-refractivity contribution in [3.8, 4) is 79.4 Å². The Hall–Kier alpha value is -13.5. The molecular weight excluding hydrogens is 2190 g/mol. The molecule has 4 aliphatic rings. The normalized spacial score (nSPS) is 13.9. The van der Waals surface area contributed by atoms with Gasteiger partial charge in [0.05, 0.1) is 123 Å². The lowest BCUT2D eigenvalue weighted by molar-refractivity contribution is -0.442. The third kappa shape index (κ3) is 34.5. The van der Waals surface area contributed by atoms with E-state index in [2.05, 4.69) is 96.9 Å². The zero-order valence-electron chi connectivity index (χ0n) is 88.4. The average molecular weight is 2320 g/mol. The van der Waals surface area contributed by atoms with Crippen LogP contribution < -0.4 is 64.8 Å². The first-order valence-electron chi connectivity index (χ1n) is 47.5. The highest BCUT2D eigenvalue weighted by Gasteiger charge is 2.60. The van der Waals surface area contributed by atoms with Gasteiger partial charge in [0, 0.05) is 106 Å². The number of hydrogen-bond acceptors (Lipinski definition) is 27. The second-order valence-electron chi connectivity index (χ2n) is 37.7. The van der Waals surface area contributed by atoms with E-state index in [0.29, 0.717) is 113 Å². The van der Waals surface area contributed by atoms with Gasteiger partial charge in [-0.05, 0) is 324 Å². The van der Waals surface area contributed by atoms with Crippen LogP contribution in [0, 0.1) is 3.70 Å². The minimum atomic E-state index is -0.603. The van der Waals surface area contributed by atoms with Crippen LogP contribution in [0.25, 0.3) is 55.0 Å². The molecule has 0 saturated carbocycles. The number of aromatic nitrogens is 5. The van der Waals surface area contributed by atoms with Crippen LogP contribution in [-0.4, -0.2) is 249 Å². The number of carbonyl (C=O) groups is 4. The largest absolute Gasteiger partial charge is 0.844 e. The Balaban J connectivity index is 0.000000220. The highest BCUT2D eigenvalue weighted by Crippen LogP contribution is 2.40. The number of piperazine rings is 1. The number of pyridine rings is 8. The molecule has 12 aromatic rings. The summed E-state index contributed by atoms with van der Waals surface area (Å²) in [5, 5.41) is 3.67. The van der Waals surface area contributed by atoms with Gasteiger partial charge in [-0.1, -0.05) is 44.2 Å². The van der Waals surface area contributed by atoms with E-state index in [1.54, 1.807) is 151 Å². The van der Waals surface area contributed by atoms with Crippen molar-refractivity contribution in [1.29, 1.82) is 0 Å². The quantitative estimate of drug-likeness (QED) is 0.0159. The number of methoxy groups -OCH3 is 9. The van der Waals surface area contributed by atoms with Gasteiger partial charge in [0.2, 0.25) is 5.69 Å². The van der Waals surface area contributed by atoms with Gasteiger partial charge in [0.25, 0.3) is 16.7 Å². The van der Waals surface area contributed by atoms with Gasteiger partial charge in [-0.2, -0.15) is 14.2 Å². The number of nitrogens with one attached hydrogen (secondary N) is 1. The molecule has 800 valence electrons. The van der Waals surface area contributed by atoms with Crippen LogP contribution in [0.4, 0.5) is 21.0 Å². The van der Waals surface area contributed by atoms with E-state index in [0.717, 1.165) is 107 Å². The van der Waals surface area contributed by atoms with Crippen LogP contribution in [0.2, 0.25) is 0 Å². The summed E-state index contributed by atoms with van der Waals surface area (Å²) in [5.41, 5.74) is 9.04. The number of aryl methyl sites for hydroxylation is 1. The number of amides is 2. The second-order valence-corrected chi connectivity index (χ2v) is 41.0. The molecule has 0 unspecified atom stereocenters. The van der Waals surface area contributed by atoms with E-state index < -0.39 is 36.0 Å².